The molecule has 0 radical (unpaired) electrons. The number of benzene rings is 2. The zero-order chi connectivity index (χ0) is 17.6. The molecule has 0 aliphatic carbocycles. The zero-order valence-electron chi connectivity index (χ0n) is 14.5. The maximum absolute atomic E-state index is 6.54. The van der Waals surface area contributed by atoms with Crippen molar-refractivity contribution in [1.82, 2.24) is 15.1 Å². The molecule has 0 bridgehead atoms. The SMILES string of the molecule is COc1ccc(CNCc2c(C)nn(Cc3ccccc3)c2Cl)cc1. The maximum atomic E-state index is 6.54. The lowest BCUT2D eigenvalue weighted by atomic mass is 10.2. The third-order valence-corrected chi connectivity index (χ3v) is 4.57. The summed E-state index contributed by atoms with van der Waals surface area (Å²) in [6.07, 6.45) is 0. The van der Waals surface area contributed by atoms with E-state index in [2.05, 4.69) is 34.7 Å². The Morgan fingerprint density at radius 1 is 1.00 bits per heavy atom. The molecule has 2 aromatic carbocycles. The van der Waals surface area contributed by atoms with Gasteiger partial charge < -0.3 is 10.1 Å². The largest absolute Gasteiger partial charge is 0.497 e. The summed E-state index contributed by atoms with van der Waals surface area (Å²) in [5.41, 5.74) is 4.39. The molecule has 0 unspecified atom stereocenters. The average molecular weight is 356 g/mol. The van der Waals surface area contributed by atoms with Crippen molar-refractivity contribution in [2.75, 3.05) is 7.11 Å². The van der Waals surface area contributed by atoms with Crippen LogP contribution in [-0.2, 0) is 19.6 Å². The molecule has 4 nitrogen and oxygen atoms in total. The first-order valence-corrected chi connectivity index (χ1v) is 8.64. The van der Waals surface area contributed by atoms with Crippen LogP contribution < -0.4 is 10.1 Å². The first-order chi connectivity index (χ1) is 12.2. The molecule has 1 N–H and O–H groups in total. The lowest BCUT2D eigenvalue weighted by molar-refractivity contribution is 0.414. The minimum atomic E-state index is 0.680. The predicted molar refractivity (Wildman–Crippen MR) is 101 cm³/mol. The van der Waals surface area contributed by atoms with Crippen LogP contribution in [0.2, 0.25) is 5.15 Å². The summed E-state index contributed by atoms with van der Waals surface area (Å²) in [5, 5.41) is 8.72. The monoisotopic (exact) mass is 355 g/mol. The highest BCUT2D eigenvalue weighted by molar-refractivity contribution is 6.30. The number of hydrogen-bond acceptors (Lipinski definition) is 3. The lowest BCUT2D eigenvalue weighted by Crippen LogP contribution is -2.13. The van der Waals surface area contributed by atoms with Gasteiger partial charge in [-0.1, -0.05) is 54.1 Å². The number of aryl methyl sites for hydroxylation is 1. The molecule has 130 valence electrons. The molecule has 1 aromatic heterocycles. The average Bonchev–Trinajstić information content (AvgIpc) is 2.90. The van der Waals surface area contributed by atoms with Gasteiger partial charge in [-0.05, 0) is 30.2 Å². The van der Waals surface area contributed by atoms with Gasteiger partial charge in [-0.2, -0.15) is 5.10 Å². The number of nitrogens with one attached hydrogen (secondary N) is 1. The van der Waals surface area contributed by atoms with E-state index in [1.807, 2.05) is 41.9 Å². The smallest absolute Gasteiger partial charge is 0.132 e. The standard InChI is InChI=1S/C20H22ClN3O/c1-15-19(13-22-12-16-8-10-18(25-2)11-9-16)20(21)24(23-15)14-17-6-4-3-5-7-17/h3-11,22H,12-14H2,1-2H3. The van der Waals surface area contributed by atoms with E-state index in [1.165, 1.54) is 11.1 Å². The molecule has 0 fully saturated rings. The molecule has 5 heteroatoms. The highest BCUT2D eigenvalue weighted by Crippen LogP contribution is 2.21. The second-order valence-electron chi connectivity index (χ2n) is 5.95. The van der Waals surface area contributed by atoms with Gasteiger partial charge in [0.2, 0.25) is 0 Å². The molecule has 0 spiro atoms. The van der Waals surface area contributed by atoms with Crippen LogP contribution in [0, 0.1) is 6.92 Å². The van der Waals surface area contributed by atoms with E-state index in [4.69, 9.17) is 16.3 Å². The minimum Gasteiger partial charge on any atom is -0.497 e. The Balaban J connectivity index is 1.62. The lowest BCUT2D eigenvalue weighted by Gasteiger charge is -2.07. The molecule has 25 heavy (non-hydrogen) atoms. The first kappa shape index (κ1) is 17.5. The van der Waals surface area contributed by atoms with Crippen LogP contribution >= 0.6 is 11.6 Å². The van der Waals surface area contributed by atoms with Crippen molar-refractivity contribution in [3.8, 4) is 5.75 Å². The Bertz CT molecular complexity index is 813. The summed E-state index contributed by atoms with van der Waals surface area (Å²) >= 11 is 6.54. The van der Waals surface area contributed by atoms with E-state index in [0.717, 1.165) is 23.6 Å². The van der Waals surface area contributed by atoms with Gasteiger partial charge in [0, 0.05) is 18.7 Å². The molecule has 0 aliphatic heterocycles. The molecule has 0 saturated heterocycles. The number of aromatic nitrogens is 2. The second-order valence-corrected chi connectivity index (χ2v) is 6.31. The van der Waals surface area contributed by atoms with Crippen LogP contribution in [0.4, 0.5) is 0 Å². The third kappa shape index (κ3) is 4.41. The molecule has 0 amide bonds. The van der Waals surface area contributed by atoms with Crippen LogP contribution in [0.3, 0.4) is 0 Å². The van der Waals surface area contributed by atoms with Crippen LogP contribution in [0.1, 0.15) is 22.4 Å². The van der Waals surface area contributed by atoms with E-state index in [-0.39, 0.29) is 0 Å². The van der Waals surface area contributed by atoms with E-state index < -0.39 is 0 Å². The fourth-order valence-electron chi connectivity index (χ4n) is 2.73. The van der Waals surface area contributed by atoms with Gasteiger partial charge in [0.15, 0.2) is 0 Å². The molecular formula is C20H22ClN3O. The molecule has 3 aromatic rings. The molecular weight excluding hydrogens is 334 g/mol. The van der Waals surface area contributed by atoms with Gasteiger partial charge in [-0.3, -0.25) is 0 Å². The molecule has 0 atom stereocenters. The topological polar surface area (TPSA) is 39.1 Å². The van der Waals surface area contributed by atoms with Crippen molar-refractivity contribution in [2.24, 2.45) is 0 Å². The van der Waals surface area contributed by atoms with Crippen molar-refractivity contribution in [2.45, 2.75) is 26.6 Å². The Hall–Kier alpha value is -2.30. The Morgan fingerprint density at radius 3 is 2.40 bits per heavy atom. The van der Waals surface area contributed by atoms with E-state index >= 15 is 0 Å². The quantitative estimate of drug-likeness (QED) is 0.690. The number of methoxy groups -OCH3 is 1. The fraction of sp³-hybridized carbons (Fsp3) is 0.250. The van der Waals surface area contributed by atoms with Gasteiger partial charge in [-0.25, -0.2) is 4.68 Å². The summed E-state index contributed by atoms with van der Waals surface area (Å²) in [6, 6.07) is 18.3. The zero-order valence-corrected chi connectivity index (χ0v) is 15.3. The van der Waals surface area contributed by atoms with Gasteiger partial charge in [0.1, 0.15) is 10.9 Å². The van der Waals surface area contributed by atoms with Crippen molar-refractivity contribution < 1.29 is 4.74 Å². The summed E-state index contributed by atoms with van der Waals surface area (Å²) in [7, 11) is 1.67. The predicted octanol–water partition coefficient (Wildman–Crippen LogP) is 4.19. The molecule has 0 aliphatic rings. The molecule has 1 heterocycles. The molecule has 0 saturated carbocycles. The summed E-state index contributed by atoms with van der Waals surface area (Å²) < 4.78 is 7.03. The van der Waals surface area contributed by atoms with Crippen LogP contribution in [-0.4, -0.2) is 16.9 Å². The summed E-state index contributed by atoms with van der Waals surface area (Å²) in [4.78, 5) is 0. The number of nitrogens with zero attached hydrogens (tertiary/aromatic N) is 2. The van der Waals surface area contributed by atoms with E-state index in [0.29, 0.717) is 18.2 Å². The Labute approximate surface area is 153 Å². The number of hydrogen-bond donors (Lipinski definition) is 1. The fourth-order valence-corrected chi connectivity index (χ4v) is 3.03. The van der Waals surface area contributed by atoms with Crippen molar-refractivity contribution >= 4 is 11.6 Å². The van der Waals surface area contributed by atoms with Gasteiger partial charge in [0.25, 0.3) is 0 Å². The highest BCUT2D eigenvalue weighted by atomic mass is 35.5. The Morgan fingerprint density at radius 2 is 1.72 bits per heavy atom. The van der Waals surface area contributed by atoms with Crippen molar-refractivity contribution in [3.63, 3.8) is 0 Å². The molecule has 3 rings (SSSR count). The van der Waals surface area contributed by atoms with E-state index in [1.54, 1.807) is 7.11 Å². The normalized spacial score (nSPS) is 10.8. The van der Waals surface area contributed by atoms with Crippen LogP contribution in [0.5, 0.6) is 5.75 Å². The van der Waals surface area contributed by atoms with Crippen LogP contribution in [0.25, 0.3) is 0 Å². The first-order valence-electron chi connectivity index (χ1n) is 8.26. The van der Waals surface area contributed by atoms with Crippen molar-refractivity contribution in [1.29, 1.82) is 0 Å². The van der Waals surface area contributed by atoms with Gasteiger partial charge in [0.05, 0.1) is 19.3 Å². The van der Waals surface area contributed by atoms with Crippen molar-refractivity contribution in [3.05, 3.63) is 82.1 Å². The van der Waals surface area contributed by atoms with Gasteiger partial charge >= 0.3 is 0 Å². The van der Waals surface area contributed by atoms with Crippen LogP contribution in [0.15, 0.2) is 54.6 Å². The minimum absolute atomic E-state index is 0.680. The van der Waals surface area contributed by atoms with E-state index in [9.17, 15) is 0 Å². The van der Waals surface area contributed by atoms with Gasteiger partial charge in [-0.15, -0.1) is 0 Å². The second kappa shape index (κ2) is 8.19. The third-order valence-electron chi connectivity index (χ3n) is 4.15. The maximum Gasteiger partial charge on any atom is 0.132 e. The Kier molecular flexibility index (Phi) is 5.74. The number of halogens is 1. The summed E-state index contributed by atoms with van der Waals surface area (Å²) in [6.45, 7) is 4.13. The number of ether oxygens (including phenoxy) is 1. The highest BCUT2D eigenvalue weighted by Gasteiger charge is 2.13. The number of rotatable bonds is 7. The summed E-state index contributed by atoms with van der Waals surface area (Å²) in [5.74, 6) is 0.866.